The summed E-state index contributed by atoms with van der Waals surface area (Å²) in [6.07, 6.45) is -4.41. The van der Waals surface area contributed by atoms with Crippen molar-refractivity contribution in [3.63, 3.8) is 0 Å². The summed E-state index contributed by atoms with van der Waals surface area (Å²) in [4.78, 5) is 16.3. The molecule has 9 heteroatoms. The number of carbonyl (C=O) groups is 1. The minimum Gasteiger partial charge on any atom is -0.356 e. The van der Waals surface area contributed by atoms with Crippen molar-refractivity contribution in [1.29, 1.82) is 0 Å². The first-order chi connectivity index (χ1) is 11.2. The first-order valence-electron chi connectivity index (χ1n) is 7.53. The molecule has 0 fully saturated rings. The molecular weight excluding hydrogens is 448 g/mol. The van der Waals surface area contributed by atoms with Crippen LogP contribution in [0.2, 0.25) is 0 Å². The molecule has 0 heterocycles. The number of rotatable bonds is 6. The Morgan fingerprint density at radius 3 is 2.36 bits per heavy atom. The van der Waals surface area contributed by atoms with E-state index in [4.69, 9.17) is 0 Å². The normalized spacial score (nSPS) is 12.8. The van der Waals surface area contributed by atoms with Gasteiger partial charge in [-0.1, -0.05) is 37.3 Å². The summed E-state index contributed by atoms with van der Waals surface area (Å²) in [5.74, 6) is -0.0775. The topological polar surface area (TPSA) is 56.7 Å². The molecule has 0 aromatic heterocycles. The first kappa shape index (κ1) is 23.5. The number of amides is 1. The van der Waals surface area contributed by atoms with Crippen molar-refractivity contribution in [2.24, 2.45) is 4.99 Å². The average Bonchev–Trinajstić information content (AvgIpc) is 2.53. The van der Waals surface area contributed by atoms with E-state index in [1.807, 2.05) is 37.3 Å². The van der Waals surface area contributed by atoms with E-state index in [0.717, 1.165) is 12.6 Å². The number of halogens is 4. The van der Waals surface area contributed by atoms with Gasteiger partial charge < -0.3 is 15.5 Å². The van der Waals surface area contributed by atoms with E-state index in [1.54, 1.807) is 0 Å². The number of guanidine groups is 1. The van der Waals surface area contributed by atoms with Crippen molar-refractivity contribution in [3.05, 3.63) is 35.9 Å². The third kappa shape index (κ3) is 9.51. The van der Waals surface area contributed by atoms with Gasteiger partial charge in [0.25, 0.3) is 0 Å². The summed E-state index contributed by atoms with van der Waals surface area (Å²) in [6.45, 7) is 1.09. The lowest BCUT2D eigenvalue weighted by Crippen LogP contribution is -2.46. The van der Waals surface area contributed by atoms with E-state index in [-0.39, 0.29) is 36.4 Å². The Morgan fingerprint density at radius 1 is 1.24 bits per heavy atom. The van der Waals surface area contributed by atoms with E-state index >= 15 is 0 Å². The molecule has 0 saturated carbocycles. The third-order valence-electron chi connectivity index (χ3n) is 3.42. The maximum Gasteiger partial charge on any atom is 0.406 e. The van der Waals surface area contributed by atoms with Gasteiger partial charge >= 0.3 is 6.18 Å². The molecule has 142 valence electrons. The number of hydrogen-bond acceptors (Lipinski definition) is 2. The second-order valence-electron chi connectivity index (χ2n) is 5.48. The fourth-order valence-corrected chi connectivity index (χ4v) is 2.02. The Labute approximate surface area is 163 Å². The van der Waals surface area contributed by atoms with Crippen LogP contribution in [-0.2, 0) is 4.79 Å². The van der Waals surface area contributed by atoms with Crippen LogP contribution >= 0.6 is 24.0 Å². The molecule has 25 heavy (non-hydrogen) atoms. The van der Waals surface area contributed by atoms with Crippen molar-refractivity contribution in [2.75, 3.05) is 33.7 Å². The summed E-state index contributed by atoms with van der Waals surface area (Å²) >= 11 is 0. The van der Waals surface area contributed by atoms with Crippen LogP contribution < -0.4 is 10.6 Å². The molecule has 1 rings (SSSR count). The SMILES string of the molecule is CN=C(NCC(=O)N(C)CC(F)(F)F)NCC(C)c1ccccc1.I. The van der Waals surface area contributed by atoms with Crippen molar-refractivity contribution in [1.82, 2.24) is 15.5 Å². The van der Waals surface area contributed by atoms with Gasteiger partial charge in [0, 0.05) is 20.6 Å². The lowest BCUT2D eigenvalue weighted by Gasteiger charge is -2.20. The second-order valence-corrected chi connectivity index (χ2v) is 5.48. The van der Waals surface area contributed by atoms with Crippen LogP contribution in [0.25, 0.3) is 0 Å². The number of aliphatic imine (C=N–C) groups is 1. The molecule has 1 aromatic carbocycles. The Bertz CT molecular complexity index is 552. The standard InChI is InChI=1S/C16H23F3N4O.HI/c1-12(13-7-5-4-6-8-13)9-21-15(20-2)22-10-14(24)23(3)11-16(17,18)19;/h4-8,12H,9-11H2,1-3H3,(H2,20,21,22);1H. The lowest BCUT2D eigenvalue weighted by atomic mass is 10.0. The largest absolute Gasteiger partial charge is 0.406 e. The molecule has 1 unspecified atom stereocenters. The quantitative estimate of drug-likeness (QED) is 0.381. The van der Waals surface area contributed by atoms with Gasteiger partial charge in [-0.3, -0.25) is 9.79 Å². The zero-order valence-corrected chi connectivity index (χ0v) is 16.8. The van der Waals surface area contributed by atoms with Gasteiger partial charge in [-0.15, -0.1) is 24.0 Å². The highest BCUT2D eigenvalue weighted by molar-refractivity contribution is 14.0. The average molecular weight is 472 g/mol. The molecule has 0 saturated heterocycles. The molecular formula is C16H24F3IN4O. The maximum absolute atomic E-state index is 12.3. The smallest absolute Gasteiger partial charge is 0.356 e. The van der Waals surface area contributed by atoms with Crippen molar-refractivity contribution in [3.8, 4) is 0 Å². The van der Waals surface area contributed by atoms with Crippen molar-refractivity contribution < 1.29 is 18.0 Å². The molecule has 2 N–H and O–H groups in total. The van der Waals surface area contributed by atoms with Crippen molar-refractivity contribution in [2.45, 2.75) is 19.0 Å². The molecule has 5 nitrogen and oxygen atoms in total. The van der Waals surface area contributed by atoms with E-state index in [9.17, 15) is 18.0 Å². The number of carbonyl (C=O) groups excluding carboxylic acids is 1. The second kappa shape index (κ2) is 11.2. The Morgan fingerprint density at radius 2 is 1.84 bits per heavy atom. The number of hydrogen-bond donors (Lipinski definition) is 2. The molecule has 0 bridgehead atoms. The highest BCUT2D eigenvalue weighted by atomic mass is 127. The molecule has 0 aliphatic rings. The predicted octanol–water partition coefficient (Wildman–Crippen LogP) is 2.59. The van der Waals surface area contributed by atoms with Crippen LogP contribution in [-0.4, -0.2) is 56.7 Å². The predicted molar refractivity (Wildman–Crippen MR) is 103 cm³/mol. The summed E-state index contributed by atoms with van der Waals surface area (Å²) in [5.41, 5.74) is 1.15. The monoisotopic (exact) mass is 472 g/mol. The van der Waals surface area contributed by atoms with Gasteiger partial charge in [0.15, 0.2) is 5.96 Å². The van der Waals surface area contributed by atoms with Crippen LogP contribution in [0.4, 0.5) is 13.2 Å². The molecule has 1 atom stereocenters. The lowest BCUT2D eigenvalue weighted by molar-refractivity contribution is -0.157. The minimum atomic E-state index is -4.41. The third-order valence-corrected chi connectivity index (χ3v) is 3.42. The van der Waals surface area contributed by atoms with Gasteiger partial charge in [-0.2, -0.15) is 13.2 Å². The fraction of sp³-hybridized carbons (Fsp3) is 0.500. The Balaban J connectivity index is 0.00000576. The number of nitrogens with one attached hydrogen (secondary N) is 2. The van der Waals surface area contributed by atoms with E-state index in [0.29, 0.717) is 17.4 Å². The highest BCUT2D eigenvalue weighted by Crippen LogP contribution is 2.15. The molecule has 0 aliphatic heterocycles. The first-order valence-corrected chi connectivity index (χ1v) is 7.53. The number of likely N-dealkylation sites (N-methyl/N-ethyl adjacent to an activating group) is 1. The van der Waals surface area contributed by atoms with E-state index in [1.165, 1.54) is 7.05 Å². The van der Waals surface area contributed by atoms with Gasteiger partial charge in [0.05, 0.1) is 6.54 Å². The minimum absolute atomic E-state index is 0. The molecule has 0 radical (unpaired) electrons. The van der Waals surface area contributed by atoms with Crippen molar-refractivity contribution >= 4 is 35.8 Å². The molecule has 1 amide bonds. The van der Waals surface area contributed by atoms with Gasteiger partial charge in [0.2, 0.25) is 5.91 Å². The summed E-state index contributed by atoms with van der Waals surface area (Å²) in [7, 11) is 2.65. The van der Waals surface area contributed by atoms with Crippen LogP contribution in [0.5, 0.6) is 0 Å². The Kier molecular flexibility index (Phi) is 10.5. The van der Waals surface area contributed by atoms with Gasteiger partial charge in [-0.25, -0.2) is 0 Å². The van der Waals surface area contributed by atoms with E-state index < -0.39 is 18.6 Å². The van der Waals surface area contributed by atoms with E-state index in [2.05, 4.69) is 15.6 Å². The fourth-order valence-electron chi connectivity index (χ4n) is 2.02. The molecule has 0 spiro atoms. The molecule has 1 aromatic rings. The van der Waals surface area contributed by atoms with Gasteiger partial charge in [-0.05, 0) is 11.5 Å². The summed E-state index contributed by atoms with van der Waals surface area (Å²) in [6, 6.07) is 9.87. The molecule has 0 aliphatic carbocycles. The number of benzene rings is 1. The maximum atomic E-state index is 12.3. The zero-order valence-electron chi connectivity index (χ0n) is 14.4. The van der Waals surface area contributed by atoms with Gasteiger partial charge in [0.1, 0.15) is 6.54 Å². The van der Waals surface area contributed by atoms with Crippen LogP contribution in [0.1, 0.15) is 18.4 Å². The number of alkyl halides is 3. The van der Waals surface area contributed by atoms with Crippen LogP contribution in [0.3, 0.4) is 0 Å². The highest BCUT2D eigenvalue weighted by Gasteiger charge is 2.31. The zero-order chi connectivity index (χ0) is 18.2. The van der Waals surface area contributed by atoms with Crippen LogP contribution in [0, 0.1) is 0 Å². The Hall–Kier alpha value is -1.52. The van der Waals surface area contributed by atoms with Crippen LogP contribution in [0.15, 0.2) is 35.3 Å². The summed E-state index contributed by atoms with van der Waals surface area (Å²) < 4.78 is 36.8. The summed E-state index contributed by atoms with van der Waals surface area (Å²) in [5, 5.41) is 5.78. The number of nitrogens with zero attached hydrogens (tertiary/aromatic N) is 2.